The number of nitrogens with zero attached hydrogens (tertiary/aromatic N) is 2. The van der Waals surface area contributed by atoms with Gasteiger partial charge in [0.05, 0.1) is 22.3 Å². The molecule has 0 bridgehead atoms. The minimum atomic E-state index is -4.44. The molecular formula is C20H18F3N3O3S. The fourth-order valence-corrected chi connectivity index (χ4v) is 4.15. The molecule has 4 rings (SSSR count). The molecule has 0 saturated carbocycles. The summed E-state index contributed by atoms with van der Waals surface area (Å²) in [7, 11) is -2.38. The average molecular weight is 437 g/mol. The highest BCUT2D eigenvalue weighted by atomic mass is 32.2. The van der Waals surface area contributed by atoms with Gasteiger partial charge in [-0.3, -0.25) is 0 Å². The third-order valence-corrected chi connectivity index (χ3v) is 6.35. The zero-order chi connectivity index (χ0) is 21.5. The average Bonchev–Trinajstić information content (AvgIpc) is 3.32. The molecule has 0 unspecified atom stereocenters. The van der Waals surface area contributed by atoms with Crippen molar-refractivity contribution in [1.82, 2.24) is 14.3 Å². The van der Waals surface area contributed by atoms with E-state index in [-0.39, 0.29) is 10.6 Å². The number of imidazole rings is 1. The maximum Gasteiger partial charge on any atom is 0.416 e. The van der Waals surface area contributed by atoms with Gasteiger partial charge in [-0.15, -0.1) is 0 Å². The molecule has 0 radical (unpaired) electrons. The Kier molecular flexibility index (Phi) is 5.07. The number of aryl methyl sites for hydroxylation is 1. The van der Waals surface area contributed by atoms with Gasteiger partial charge in [0.1, 0.15) is 17.3 Å². The van der Waals surface area contributed by atoms with Crippen LogP contribution in [-0.4, -0.2) is 25.0 Å². The summed E-state index contributed by atoms with van der Waals surface area (Å²) in [5, 5.41) is 0. The number of fused-ring (bicyclic) bond motifs is 1. The van der Waals surface area contributed by atoms with E-state index in [0.717, 1.165) is 37.3 Å². The van der Waals surface area contributed by atoms with E-state index in [2.05, 4.69) is 9.71 Å². The van der Waals surface area contributed by atoms with E-state index in [0.29, 0.717) is 17.0 Å². The van der Waals surface area contributed by atoms with Crippen LogP contribution in [0.4, 0.5) is 13.2 Å². The highest BCUT2D eigenvalue weighted by Gasteiger charge is 2.30. The molecule has 0 atom stereocenters. The van der Waals surface area contributed by atoms with Crippen molar-refractivity contribution in [2.75, 3.05) is 7.05 Å². The van der Waals surface area contributed by atoms with Gasteiger partial charge >= 0.3 is 6.18 Å². The summed E-state index contributed by atoms with van der Waals surface area (Å²) in [6.07, 6.45) is -1.03. The fraction of sp³-hybridized carbons (Fsp3) is 0.250. The standard InChI is InChI=1S/C20H18F3N3O3S/c1-24-30(27,28)15-8-9-18(29-14-6-4-13(5-7-14)20(21,22)23)16(11-15)17-12-25-19-3-2-10-26(17)19/h4-9,11-12,24H,2-3,10H2,1H3. The Balaban J connectivity index is 1.77. The van der Waals surface area contributed by atoms with Gasteiger partial charge in [0.2, 0.25) is 10.0 Å². The summed E-state index contributed by atoms with van der Waals surface area (Å²) in [5.74, 6) is 1.42. The first kappa shape index (κ1) is 20.4. The number of rotatable bonds is 5. The van der Waals surface area contributed by atoms with Gasteiger partial charge < -0.3 is 9.30 Å². The highest BCUT2D eigenvalue weighted by molar-refractivity contribution is 7.89. The van der Waals surface area contributed by atoms with Crippen LogP contribution in [0.1, 0.15) is 17.8 Å². The zero-order valence-corrected chi connectivity index (χ0v) is 16.7. The SMILES string of the molecule is CNS(=O)(=O)c1ccc(Oc2ccc(C(F)(F)F)cc2)c(-c2cnc3n2CCC3)c1. The van der Waals surface area contributed by atoms with Gasteiger partial charge in [-0.25, -0.2) is 18.1 Å². The van der Waals surface area contributed by atoms with Crippen molar-refractivity contribution >= 4 is 10.0 Å². The molecule has 1 aliphatic heterocycles. The van der Waals surface area contributed by atoms with Crippen LogP contribution in [0.25, 0.3) is 11.3 Å². The summed E-state index contributed by atoms with van der Waals surface area (Å²) in [5.41, 5.74) is 0.406. The monoisotopic (exact) mass is 437 g/mol. The minimum absolute atomic E-state index is 0.0494. The van der Waals surface area contributed by atoms with Crippen LogP contribution in [-0.2, 0) is 29.2 Å². The summed E-state index contributed by atoms with van der Waals surface area (Å²) in [6, 6.07) is 8.68. The summed E-state index contributed by atoms with van der Waals surface area (Å²) >= 11 is 0. The fourth-order valence-electron chi connectivity index (χ4n) is 3.40. The molecule has 1 aromatic heterocycles. The van der Waals surface area contributed by atoms with Gasteiger partial charge in [-0.1, -0.05) is 0 Å². The third-order valence-electron chi connectivity index (χ3n) is 4.94. The topological polar surface area (TPSA) is 73.2 Å². The molecule has 0 aliphatic carbocycles. The van der Waals surface area contributed by atoms with Gasteiger partial charge in [0, 0.05) is 18.5 Å². The number of nitrogens with one attached hydrogen (secondary N) is 1. The van der Waals surface area contributed by atoms with Crippen molar-refractivity contribution < 1.29 is 26.3 Å². The molecule has 6 nitrogen and oxygen atoms in total. The predicted molar refractivity (Wildman–Crippen MR) is 104 cm³/mol. The van der Waals surface area contributed by atoms with Crippen LogP contribution < -0.4 is 9.46 Å². The molecular weight excluding hydrogens is 419 g/mol. The number of aromatic nitrogens is 2. The number of alkyl halides is 3. The van der Waals surface area contributed by atoms with Crippen molar-refractivity contribution in [2.45, 2.75) is 30.5 Å². The second-order valence-electron chi connectivity index (χ2n) is 6.80. The molecule has 0 spiro atoms. The number of halogens is 3. The van der Waals surface area contributed by atoms with Crippen molar-refractivity contribution in [3.05, 3.63) is 60.0 Å². The van der Waals surface area contributed by atoms with Gasteiger partial charge in [0.25, 0.3) is 0 Å². The van der Waals surface area contributed by atoms with E-state index in [1.54, 1.807) is 6.20 Å². The van der Waals surface area contributed by atoms with Crippen LogP contribution in [0.15, 0.2) is 53.6 Å². The van der Waals surface area contributed by atoms with E-state index in [1.165, 1.54) is 37.4 Å². The molecule has 0 fully saturated rings. The van der Waals surface area contributed by atoms with Crippen molar-refractivity contribution in [3.63, 3.8) is 0 Å². The van der Waals surface area contributed by atoms with Crippen LogP contribution in [0, 0.1) is 0 Å². The van der Waals surface area contributed by atoms with Crippen LogP contribution in [0.5, 0.6) is 11.5 Å². The molecule has 0 amide bonds. The second-order valence-corrected chi connectivity index (χ2v) is 8.69. The normalized spacial score (nSPS) is 14.0. The first-order valence-electron chi connectivity index (χ1n) is 9.16. The van der Waals surface area contributed by atoms with E-state index in [1.807, 2.05) is 4.57 Å². The van der Waals surface area contributed by atoms with E-state index >= 15 is 0 Å². The molecule has 1 aliphatic rings. The maximum atomic E-state index is 12.8. The van der Waals surface area contributed by atoms with Crippen molar-refractivity contribution in [1.29, 1.82) is 0 Å². The summed E-state index contributed by atoms with van der Waals surface area (Å²) in [4.78, 5) is 4.44. The number of hydrogen-bond acceptors (Lipinski definition) is 4. The molecule has 30 heavy (non-hydrogen) atoms. The molecule has 2 aromatic carbocycles. The molecule has 10 heteroatoms. The third kappa shape index (κ3) is 3.80. The van der Waals surface area contributed by atoms with Crippen molar-refractivity contribution in [3.8, 4) is 22.8 Å². The Hall–Kier alpha value is -2.85. The van der Waals surface area contributed by atoms with Gasteiger partial charge in [-0.05, 0) is 55.9 Å². The van der Waals surface area contributed by atoms with E-state index in [9.17, 15) is 21.6 Å². The second kappa shape index (κ2) is 7.44. The molecule has 2 heterocycles. The highest BCUT2D eigenvalue weighted by Crippen LogP contribution is 2.38. The van der Waals surface area contributed by atoms with Crippen LogP contribution in [0.3, 0.4) is 0 Å². The Morgan fingerprint density at radius 3 is 2.53 bits per heavy atom. The lowest BCUT2D eigenvalue weighted by atomic mass is 10.1. The van der Waals surface area contributed by atoms with Gasteiger partial charge in [-0.2, -0.15) is 13.2 Å². The van der Waals surface area contributed by atoms with Crippen molar-refractivity contribution in [2.24, 2.45) is 0 Å². The quantitative estimate of drug-likeness (QED) is 0.649. The molecule has 1 N–H and O–H groups in total. The minimum Gasteiger partial charge on any atom is -0.457 e. The number of ether oxygens (including phenoxy) is 1. The Labute approximate surface area is 171 Å². The lowest BCUT2D eigenvalue weighted by Gasteiger charge is -2.15. The van der Waals surface area contributed by atoms with Crippen LogP contribution in [0.2, 0.25) is 0 Å². The number of benzene rings is 2. The molecule has 3 aromatic rings. The summed E-state index contributed by atoms with van der Waals surface area (Å²) in [6.45, 7) is 0.743. The smallest absolute Gasteiger partial charge is 0.416 e. The first-order valence-corrected chi connectivity index (χ1v) is 10.6. The maximum absolute atomic E-state index is 12.8. The Bertz CT molecular complexity index is 1190. The largest absolute Gasteiger partial charge is 0.457 e. The Morgan fingerprint density at radius 1 is 1.13 bits per heavy atom. The zero-order valence-electron chi connectivity index (χ0n) is 15.9. The lowest BCUT2D eigenvalue weighted by molar-refractivity contribution is -0.137. The number of sulfonamides is 1. The Morgan fingerprint density at radius 2 is 1.87 bits per heavy atom. The predicted octanol–water partition coefficient (Wildman–Crippen LogP) is 4.22. The first-order chi connectivity index (χ1) is 14.2. The van der Waals surface area contributed by atoms with Crippen LogP contribution >= 0.6 is 0 Å². The van der Waals surface area contributed by atoms with Gasteiger partial charge in [0.15, 0.2) is 0 Å². The van der Waals surface area contributed by atoms with E-state index < -0.39 is 21.8 Å². The van der Waals surface area contributed by atoms with E-state index in [4.69, 9.17) is 4.74 Å². The molecule has 158 valence electrons. The lowest BCUT2D eigenvalue weighted by Crippen LogP contribution is -2.18. The molecule has 0 saturated heterocycles. The number of hydrogen-bond donors (Lipinski definition) is 1. The summed E-state index contributed by atoms with van der Waals surface area (Å²) < 4.78 is 73.1.